The van der Waals surface area contributed by atoms with Crippen molar-refractivity contribution >= 4 is 55.7 Å². The molecule has 1 aromatic heterocycles. The molecule has 3 aromatic rings. The van der Waals surface area contributed by atoms with E-state index in [9.17, 15) is 4.79 Å². The van der Waals surface area contributed by atoms with Gasteiger partial charge in [-0.15, -0.1) is 10.2 Å². The fourth-order valence-corrected chi connectivity index (χ4v) is 3.96. The van der Waals surface area contributed by atoms with Gasteiger partial charge < -0.3 is 0 Å². The molecule has 0 aliphatic heterocycles. The fourth-order valence-electron chi connectivity index (χ4n) is 2.55. The number of halogens is 2. The molecule has 0 fully saturated rings. The van der Waals surface area contributed by atoms with Crippen molar-refractivity contribution in [3.05, 3.63) is 75.2 Å². The lowest BCUT2D eigenvalue weighted by molar-refractivity contribution is -0.118. The topological polar surface area (TPSA) is 72.2 Å². The van der Waals surface area contributed by atoms with Crippen LogP contribution >= 0.6 is 43.6 Å². The minimum atomic E-state index is -0.221. The number of hydrogen-bond donors (Lipinski definition) is 1. The second-order valence-electron chi connectivity index (χ2n) is 6.49. The largest absolute Gasteiger partial charge is 0.298 e. The minimum Gasteiger partial charge on any atom is -0.298 e. The zero-order valence-corrected chi connectivity index (χ0v) is 20.2. The summed E-state index contributed by atoms with van der Waals surface area (Å²) < 4.78 is 3.91. The standard InChI is InChI=1S/C21H19Br2N5OS/c1-14(2)12-28-20(16-6-8-17(22)9-7-16)26-27-21(28)30-13-19(29)25-24-11-15-4-3-5-18(23)10-15/h3-11H,1,12-13H2,2H3,(H,25,29). The summed E-state index contributed by atoms with van der Waals surface area (Å²) in [6.45, 7) is 6.52. The number of nitrogens with zero attached hydrogens (tertiary/aromatic N) is 4. The Morgan fingerprint density at radius 3 is 2.67 bits per heavy atom. The first-order valence-corrected chi connectivity index (χ1v) is 11.5. The van der Waals surface area contributed by atoms with Crippen molar-refractivity contribution in [2.45, 2.75) is 18.6 Å². The Bertz CT molecular complexity index is 1080. The number of hydrazone groups is 1. The molecule has 6 nitrogen and oxygen atoms in total. The Morgan fingerprint density at radius 2 is 1.97 bits per heavy atom. The zero-order valence-electron chi connectivity index (χ0n) is 16.2. The molecule has 0 aliphatic rings. The van der Waals surface area contributed by atoms with Crippen molar-refractivity contribution in [1.29, 1.82) is 0 Å². The summed E-state index contributed by atoms with van der Waals surface area (Å²) in [4.78, 5) is 12.2. The highest BCUT2D eigenvalue weighted by atomic mass is 79.9. The summed E-state index contributed by atoms with van der Waals surface area (Å²) in [5.74, 6) is 0.687. The van der Waals surface area contributed by atoms with E-state index < -0.39 is 0 Å². The molecule has 1 amide bonds. The van der Waals surface area contributed by atoms with Crippen molar-refractivity contribution < 1.29 is 4.79 Å². The number of carbonyl (C=O) groups is 1. The van der Waals surface area contributed by atoms with Crippen LogP contribution < -0.4 is 5.43 Å². The predicted octanol–water partition coefficient (Wildman–Crippen LogP) is 5.29. The molecule has 2 aromatic carbocycles. The third-order valence-corrected chi connectivity index (χ3v) is 5.82. The number of aromatic nitrogens is 3. The van der Waals surface area contributed by atoms with Gasteiger partial charge in [0, 0.05) is 21.1 Å². The molecule has 0 saturated carbocycles. The van der Waals surface area contributed by atoms with Crippen LogP contribution in [0.1, 0.15) is 12.5 Å². The van der Waals surface area contributed by atoms with Gasteiger partial charge in [-0.25, -0.2) is 5.43 Å². The number of amides is 1. The molecule has 3 rings (SSSR count). The Morgan fingerprint density at radius 1 is 1.20 bits per heavy atom. The third kappa shape index (κ3) is 6.38. The second kappa shape index (κ2) is 10.7. The van der Waals surface area contributed by atoms with Gasteiger partial charge in [-0.3, -0.25) is 9.36 Å². The number of carbonyl (C=O) groups excluding carboxylic acids is 1. The summed E-state index contributed by atoms with van der Waals surface area (Å²) in [7, 11) is 0. The van der Waals surface area contributed by atoms with Gasteiger partial charge in [0.05, 0.1) is 12.0 Å². The van der Waals surface area contributed by atoms with Crippen molar-refractivity contribution in [3.8, 4) is 11.4 Å². The summed E-state index contributed by atoms with van der Waals surface area (Å²) in [6.07, 6.45) is 1.60. The third-order valence-electron chi connectivity index (χ3n) is 3.83. The molecule has 0 unspecified atom stereocenters. The maximum atomic E-state index is 12.2. The molecule has 0 radical (unpaired) electrons. The van der Waals surface area contributed by atoms with E-state index in [1.165, 1.54) is 11.8 Å². The van der Waals surface area contributed by atoms with E-state index in [2.05, 4.69) is 59.2 Å². The lowest BCUT2D eigenvalue weighted by Crippen LogP contribution is -2.20. The first-order chi connectivity index (χ1) is 14.4. The number of benzene rings is 2. The zero-order chi connectivity index (χ0) is 21.5. The van der Waals surface area contributed by atoms with Crippen LogP contribution in [0.15, 0.2) is 79.9 Å². The van der Waals surface area contributed by atoms with Gasteiger partial charge in [0.15, 0.2) is 11.0 Å². The first-order valence-electron chi connectivity index (χ1n) is 8.96. The summed E-state index contributed by atoms with van der Waals surface area (Å²) in [5.41, 5.74) is 5.34. The van der Waals surface area contributed by atoms with E-state index in [1.54, 1.807) is 6.21 Å². The molecule has 0 atom stereocenters. The van der Waals surface area contributed by atoms with Crippen LogP contribution in [0, 0.1) is 0 Å². The summed E-state index contributed by atoms with van der Waals surface area (Å²) >= 11 is 8.16. The molecule has 1 heterocycles. The molecule has 1 N–H and O–H groups in total. The van der Waals surface area contributed by atoms with Crippen LogP contribution in [0.3, 0.4) is 0 Å². The lowest BCUT2D eigenvalue weighted by atomic mass is 10.2. The second-order valence-corrected chi connectivity index (χ2v) is 9.27. The van der Waals surface area contributed by atoms with Gasteiger partial charge in [0.25, 0.3) is 5.91 Å². The van der Waals surface area contributed by atoms with Gasteiger partial charge in [0.2, 0.25) is 0 Å². The van der Waals surface area contributed by atoms with E-state index >= 15 is 0 Å². The van der Waals surface area contributed by atoms with E-state index in [1.807, 2.05) is 60.0 Å². The van der Waals surface area contributed by atoms with Crippen LogP contribution in [0.2, 0.25) is 0 Å². The van der Waals surface area contributed by atoms with Crippen molar-refractivity contribution in [2.24, 2.45) is 5.10 Å². The number of thioether (sulfide) groups is 1. The Hall–Kier alpha value is -2.23. The van der Waals surface area contributed by atoms with Gasteiger partial charge >= 0.3 is 0 Å². The molecule has 154 valence electrons. The van der Waals surface area contributed by atoms with Gasteiger partial charge in [-0.05, 0) is 36.8 Å². The highest BCUT2D eigenvalue weighted by Gasteiger charge is 2.15. The van der Waals surface area contributed by atoms with Gasteiger partial charge in [0.1, 0.15) is 0 Å². The van der Waals surface area contributed by atoms with Gasteiger partial charge in [-0.1, -0.05) is 80.0 Å². The highest BCUT2D eigenvalue weighted by Crippen LogP contribution is 2.26. The van der Waals surface area contributed by atoms with E-state index in [-0.39, 0.29) is 11.7 Å². The SMILES string of the molecule is C=C(C)Cn1c(SCC(=O)NN=Cc2cccc(Br)c2)nnc1-c1ccc(Br)cc1. The van der Waals surface area contributed by atoms with E-state index in [4.69, 9.17) is 0 Å². The van der Waals surface area contributed by atoms with E-state index in [0.29, 0.717) is 11.7 Å². The van der Waals surface area contributed by atoms with Gasteiger partial charge in [-0.2, -0.15) is 5.10 Å². The van der Waals surface area contributed by atoms with Crippen molar-refractivity contribution in [1.82, 2.24) is 20.2 Å². The van der Waals surface area contributed by atoms with Crippen LogP contribution in [0.4, 0.5) is 0 Å². The molecular weight excluding hydrogens is 530 g/mol. The average Bonchev–Trinajstić information content (AvgIpc) is 3.09. The highest BCUT2D eigenvalue weighted by molar-refractivity contribution is 9.10. The normalized spacial score (nSPS) is 11.0. The molecule has 0 spiro atoms. The van der Waals surface area contributed by atoms with Crippen LogP contribution in [-0.2, 0) is 11.3 Å². The number of nitrogens with one attached hydrogen (secondary N) is 1. The number of allylic oxidation sites excluding steroid dienone is 1. The van der Waals surface area contributed by atoms with Crippen LogP contribution in [-0.4, -0.2) is 32.6 Å². The maximum absolute atomic E-state index is 12.2. The molecule has 0 bridgehead atoms. The molecule has 9 heteroatoms. The molecule has 30 heavy (non-hydrogen) atoms. The molecule has 0 aliphatic carbocycles. The minimum absolute atomic E-state index is 0.171. The van der Waals surface area contributed by atoms with Crippen molar-refractivity contribution in [3.63, 3.8) is 0 Å². The lowest BCUT2D eigenvalue weighted by Gasteiger charge is -2.10. The smallest absolute Gasteiger partial charge is 0.250 e. The fraction of sp³-hybridized carbons (Fsp3) is 0.143. The van der Waals surface area contributed by atoms with Crippen molar-refractivity contribution in [2.75, 3.05) is 5.75 Å². The monoisotopic (exact) mass is 547 g/mol. The Balaban J connectivity index is 1.66. The first kappa shape index (κ1) is 22.5. The summed E-state index contributed by atoms with van der Waals surface area (Å²) in [5, 5.41) is 13.3. The Labute approximate surface area is 196 Å². The molecular formula is C21H19Br2N5OS. The average molecular weight is 549 g/mol. The Kier molecular flexibility index (Phi) is 8.01. The van der Waals surface area contributed by atoms with Crippen LogP contribution in [0.25, 0.3) is 11.4 Å². The molecule has 0 saturated heterocycles. The maximum Gasteiger partial charge on any atom is 0.250 e. The number of hydrogen-bond acceptors (Lipinski definition) is 5. The summed E-state index contributed by atoms with van der Waals surface area (Å²) in [6, 6.07) is 15.5. The quantitative estimate of drug-likeness (QED) is 0.180. The number of rotatable bonds is 8. The predicted molar refractivity (Wildman–Crippen MR) is 129 cm³/mol. The van der Waals surface area contributed by atoms with E-state index in [0.717, 1.165) is 31.5 Å². The van der Waals surface area contributed by atoms with Crippen LogP contribution in [0.5, 0.6) is 0 Å².